The van der Waals surface area contributed by atoms with Crippen molar-refractivity contribution in [1.29, 1.82) is 0 Å². The first kappa shape index (κ1) is 27.4. The number of hydrogen-bond acceptors (Lipinski definition) is 0. The molecule has 0 atom stereocenters. The number of rotatable bonds is 3. The molecule has 1 heterocycles. The van der Waals surface area contributed by atoms with E-state index in [1.807, 2.05) is 10.8 Å². The van der Waals surface area contributed by atoms with Crippen LogP contribution in [0.15, 0.2) is 24.3 Å². The SMILES string of the molecule is Cc1cc(C)c([C]2P(C(C)(C)C)[C](c3c(C)cc(C)cc3C)P2[Si](C)(C)C)c(C)c1.[Li+]. The Bertz CT molecular complexity index is 835. The van der Waals surface area contributed by atoms with Crippen LogP contribution in [0.4, 0.5) is 0 Å². The molecule has 2 aromatic carbocycles. The largest absolute Gasteiger partial charge is 1.00 e. The van der Waals surface area contributed by atoms with E-state index >= 15 is 0 Å². The molecule has 0 aromatic heterocycles. The third-order valence-corrected chi connectivity index (χ3v) is 20.2. The maximum absolute atomic E-state index is 2.60. The predicted octanol–water partition coefficient (Wildman–Crippen LogP) is 6.53. The quantitative estimate of drug-likeness (QED) is 0.360. The van der Waals surface area contributed by atoms with Crippen molar-refractivity contribution in [2.45, 2.75) is 87.1 Å². The van der Waals surface area contributed by atoms with Gasteiger partial charge >= 0.3 is 18.9 Å². The first-order valence-electron chi connectivity index (χ1n) is 11.2. The van der Waals surface area contributed by atoms with Crippen molar-refractivity contribution in [3.8, 4) is 0 Å². The molecule has 162 valence electrons. The van der Waals surface area contributed by atoms with Crippen molar-refractivity contribution >= 4 is 23.1 Å². The molecule has 0 nitrogen and oxygen atoms in total. The Morgan fingerprint density at radius 2 is 0.903 bits per heavy atom. The topological polar surface area (TPSA) is 0 Å². The minimum Gasteiger partial charge on any atom is -0.0846 e. The molecule has 0 amide bonds. The van der Waals surface area contributed by atoms with Crippen LogP contribution in [0.2, 0.25) is 19.6 Å². The summed E-state index contributed by atoms with van der Waals surface area (Å²) in [4.78, 5) is 0. The van der Waals surface area contributed by atoms with Crippen LogP contribution in [0.3, 0.4) is 0 Å². The summed E-state index contributed by atoms with van der Waals surface area (Å²) in [6, 6.07) is 9.63. The molecule has 0 unspecified atom stereocenters. The molecule has 0 N–H and O–H groups in total. The molecule has 1 fully saturated rings. The molecule has 0 spiro atoms. The standard InChI is InChI=1S/C27H40P2Si.Li/c1-17-13-19(3)23(20(4)14-17)25-28(27(7,8)9)26(29(25)30(10,11)12)24-21(5)15-18(2)16-22(24)6;/h13-16H,1-12H3;/q;+1. The predicted molar refractivity (Wildman–Crippen MR) is 143 cm³/mol. The van der Waals surface area contributed by atoms with Crippen LogP contribution in [-0.2, 0) is 0 Å². The van der Waals surface area contributed by atoms with Crippen molar-refractivity contribution in [2.24, 2.45) is 0 Å². The Kier molecular flexibility index (Phi) is 8.30. The van der Waals surface area contributed by atoms with Crippen LogP contribution < -0.4 is 18.9 Å². The zero-order valence-corrected chi connectivity index (χ0v) is 25.0. The van der Waals surface area contributed by atoms with Gasteiger partial charge in [0, 0.05) is 0 Å². The van der Waals surface area contributed by atoms with E-state index < -0.39 is 7.74 Å². The van der Waals surface area contributed by atoms with E-state index in [4.69, 9.17) is 0 Å². The fourth-order valence-corrected chi connectivity index (χ4v) is 26.0. The Balaban J connectivity index is 0.00000341. The molecule has 2 radical (unpaired) electrons. The van der Waals surface area contributed by atoms with Crippen LogP contribution in [-0.4, -0.2) is 12.9 Å². The first-order chi connectivity index (χ1) is 13.6. The van der Waals surface area contributed by atoms with Crippen LogP contribution in [0.1, 0.15) is 65.3 Å². The molecular weight excluding hydrogens is 421 g/mol. The van der Waals surface area contributed by atoms with E-state index in [0.717, 1.165) is 0 Å². The summed E-state index contributed by atoms with van der Waals surface area (Å²) in [5, 5.41) is 4.00. The van der Waals surface area contributed by atoms with Gasteiger partial charge in [-0.2, -0.15) is 0 Å². The van der Waals surface area contributed by atoms with Gasteiger partial charge in [0.1, 0.15) is 0 Å². The van der Waals surface area contributed by atoms with Gasteiger partial charge in [-0.3, -0.25) is 0 Å². The molecule has 2 aromatic rings. The zero-order chi connectivity index (χ0) is 22.8. The number of aryl methyl sites for hydroxylation is 6. The number of benzene rings is 2. The van der Waals surface area contributed by atoms with Crippen LogP contribution in [0, 0.1) is 52.3 Å². The Labute approximate surface area is 207 Å². The number of hydrogen-bond donors (Lipinski definition) is 0. The second-order valence-electron chi connectivity index (χ2n) is 11.2. The van der Waals surface area contributed by atoms with Gasteiger partial charge < -0.3 is 0 Å². The molecule has 0 bridgehead atoms. The smallest absolute Gasteiger partial charge is 0.0846 e. The summed E-state index contributed by atoms with van der Waals surface area (Å²) in [7, 11) is -1.91. The minimum atomic E-state index is -1.40. The van der Waals surface area contributed by atoms with E-state index in [1.165, 1.54) is 33.4 Å². The summed E-state index contributed by atoms with van der Waals surface area (Å²) in [5.41, 5.74) is 12.0. The van der Waals surface area contributed by atoms with Crippen molar-refractivity contribution < 1.29 is 18.9 Å². The average Bonchev–Trinajstić information content (AvgIpc) is 2.47. The van der Waals surface area contributed by atoms with Crippen LogP contribution >= 0.6 is 15.4 Å². The monoisotopic (exact) mass is 461 g/mol. The Hall–Kier alpha value is 0.114. The van der Waals surface area contributed by atoms with E-state index in [2.05, 4.69) is 106 Å². The molecule has 4 heteroatoms. The molecule has 1 aliphatic heterocycles. The molecule has 1 aliphatic rings. The Morgan fingerprint density at radius 3 is 1.13 bits per heavy atom. The fraction of sp³-hybridized carbons (Fsp3) is 0.481. The van der Waals surface area contributed by atoms with Crippen LogP contribution in [0.5, 0.6) is 0 Å². The van der Waals surface area contributed by atoms with Crippen molar-refractivity contribution in [3.05, 3.63) is 79.6 Å². The molecule has 31 heavy (non-hydrogen) atoms. The van der Waals surface area contributed by atoms with Crippen LogP contribution in [0.25, 0.3) is 0 Å². The molecule has 0 saturated carbocycles. The van der Waals surface area contributed by atoms with Gasteiger partial charge in [-0.25, -0.2) is 0 Å². The van der Waals surface area contributed by atoms with E-state index in [-0.39, 0.29) is 39.4 Å². The molecular formula is C27H40LiP2Si+. The van der Waals surface area contributed by atoms with Gasteiger partial charge in [0.05, 0.1) is 18.5 Å². The van der Waals surface area contributed by atoms with Crippen molar-refractivity contribution in [2.75, 3.05) is 0 Å². The van der Waals surface area contributed by atoms with Crippen molar-refractivity contribution in [3.63, 3.8) is 0 Å². The maximum Gasteiger partial charge on any atom is 1.00 e. The van der Waals surface area contributed by atoms with E-state index in [9.17, 15) is 0 Å². The zero-order valence-electron chi connectivity index (χ0n) is 22.2. The van der Waals surface area contributed by atoms with Gasteiger partial charge in [-0.1, -0.05) is 91.2 Å². The second-order valence-corrected chi connectivity index (χ2v) is 26.1. The third kappa shape index (κ3) is 5.13. The fourth-order valence-electron chi connectivity index (χ4n) is 5.14. The average molecular weight is 462 g/mol. The van der Waals surface area contributed by atoms with E-state index in [0.29, 0.717) is 0 Å². The van der Waals surface area contributed by atoms with Gasteiger partial charge in [0.25, 0.3) is 0 Å². The maximum atomic E-state index is 2.60. The van der Waals surface area contributed by atoms with Crippen molar-refractivity contribution in [1.82, 2.24) is 0 Å². The summed E-state index contributed by atoms with van der Waals surface area (Å²) in [5.74, 6) is 0. The Morgan fingerprint density at radius 1 is 0.613 bits per heavy atom. The van der Waals surface area contributed by atoms with Gasteiger partial charge in [0.15, 0.2) is 0 Å². The molecule has 1 saturated heterocycles. The summed E-state index contributed by atoms with van der Waals surface area (Å²) < 4.78 is 0. The second kappa shape index (κ2) is 9.40. The summed E-state index contributed by atoms with van der Waals surface area (Å²) in [6.45, 7) is 29.1. The third-order valence-electron chi connectivity index (χ3n) is 5.99. The summed E-state index contributed by atoms with van der Waals surface area (Å²) >= 11 is 0. The molecule has 3 rings (SSSR count). The van der Waals surface area contributed by atoms with E-state index in [1.54, 1.807) is 11.1 Å². The van der Waals surface area contributed by atoms with Gasteiger partial charge in [-0.05, 0) is 80.1 Å². The first-order valence-corrected chi connectivity index (χ1v) is 18.2. The summed E-state index contributed by atoms with van der Waals surface area (Å²) in [6.07, 6.45) is 0. The van der Waals surface area contributed by atoms with Gasteiger partial charge in [-0.15, -0.1) is 0 Å². The molecule has 0 aliphatic carbocycles. The van der Waals surface area contributed by atoms with Gasteiger partial charge in [0.2, 0.25) is 0 Å². The minimum absolute atomic E-state index is 0. The normalized spacial score (nSPS) is 20.4.